The fourth-order valence-electron chi connectivity index (χ4n) is 4.43. The second-order valence-corrected chi connectivity index (χ2v) is 9.38. The van der Waals surface area contributed by atoms with Crippen LogP contribution in [0.2, 0.25) is 0 Å². The standard InChI is InChI=1S/C32H31N5/c1-6-22(16-25(7-2)34-21(5)20(3)4)23-13-14-30-28(17-23)32(37-36-30)31-18-27-26(11-8-12-29(27)35-31)24-10-9-15-33-19-24/h6-20,34-35H,2,5H2,1,3-4H3,(H,36,37)/b22-6+,25-16+. The van der Waals surface area contributed by atoms with E-state index in [1.54, 1.807) is 6.20 Å². The molecule has 184 valence electrons. The number of nitrogens with zero attached hydrogens (tertiary/aromatic N) is 2. The molecule has 5 nitrogen and oxygen atoms in total. The number of benzene rings is 2. The fraction of sp³-hybridized carbons (Fsp3) is 0.125. The zero-order valence-corrected chi connectivity index (χ0v) is 21.5. The molecule has 0 aliphatic rings. The van der Waals surface area contributed by atoms with E-state index in [0.29, 0.717) is 5.92 Å². The largest absolute Gasteiger partial charge is 0.359 e. The van der Waals surface area contributed by atoms with E-state index in [2.05, 4.69) is 113 Å². The highest BCUT2D eigenvalue weighted by Crippen LogP contribution is 2.34. The van der Waals surface area contributed by atoms with Gasteiger partial charge in [-0.15, -0.1) is 0 Å². The maximum atomic E-state index is 4.68. The van der Waals surface area contributed by atoms with Gasteiger partial charge in [-0.2, -0.15) is 5.10 Å². The topological polar surface area (TPSA) is 69.4 Å². The van der Waals surface area contributed by atoms with Crippen LogP contribution in [0.5, 0.6) is 0 Å². The number of fused-ring (bicyclic) bond motifs is 2. The normalized spacial score (nSPS) is 12.4. The Bertz CT molecular complexity index is 1660. The number of pyridine rings is 1. The third-order valence-corrected chi connectivity index (χ3v) is 6.63. The smallest absolute Gasteiger partial charge is 0.116 e. The number of nitrogens with one attached hydrogen (secondary N) is 3. The lowest BCUT2D eigenvalue weighted by molar-refractivity contribution is 0.710. The Labute approximate surface area is 217 Å². The second kappa shape index (κ2) is 10.2. The molecule has 37 heavy (non-hydrogen) atoms. The predicted octanol–water partition coefficient (Wildman–Crippen LogP) is 8.01. The quantitative estimate of drug-likeness (QED) is 0.195. The second-order valence-electron chi connectivity index (χ2n) is 9.38. The molecule has 0 unspecified atom stereocenters. The van der Waals surface area contributed by atoms with Gasteiger partial charge in [0.25, 0.3) is 0 Å². The van der Waals surface area contributed by atoms with E-state index >= 15 is 0 Å². The Morgan fingerprint density at radius 2 is 1.89 bits per heavy atom. The van der Waals surface area contributed by atoms with Crippen LogP contribution in [0, 0.1) is 5.92 Å². The molecule has 0 aliphatic heterocycles. The first-order valence-corrected chi connectivity index (χ1v) is 12.5. The first-order valence-electron chi connectivity index (χ1n) is 12.5. The minimum Gasteiger partial charge on any atom is -0.359 e. The van der Waals surface area contributed by atoms with E-state index < -0.39 is 0 Å². The Morgan fingerprint density at radius 3 is 2.62 bits per heavy atom. The minimum absolute atomic E-state index is 0.331. The summed E-state index contributed by atoms with van der Waals surface area (Å²) in [6.45, 7) is 14.4. The molecule has 5 rings (SSSR count). The number of aromatic nitrogens is 4. The van der Waals surface area contributed by atoms with Gasteiger partial charge in [0, 0.05) is 45.6 Å². The van der Waals surface area contributed by atoms with Crippen molar-refractivity contribution in [1.82, 2.24) is 25.5 Å². The highest BCUT2D eigenvalue weighted by molar-refractivity contribution is 6.01. The van der Waals surface area contributed by atoms with E-state index in [4.69, 9.17) is 0 Å². The van der Waals surface area contributed by atoms with Gasteiger partial charge in [0.1, 0.15) is 5.69 Å². The number of hydrogen-bond donors (Lipinski definition) is 3. The molecule has 0 saturated carbocycles. The molecule has 5 aromatic rings. The molecule has 0 atom stereocenters. The van der Waals surface area contributed by atoms with Crippen LogP contribution >= 0.6 is 0 Å². The summed E-state index contributed by atoms with van der Waals surface area (Å²) >= 11 is 0. The van der Waals surface area contributed by atoms with Crippen molar-refractivity contribution in [3.8, 4) is 22.5 Å². The van der Waals surface area contributed by atoms with Crippen molar-refractivity contribution in [3.05, 3.63) is 115 Å². The van der Waals surface area contributed by atoms with Crippen LogP contribution in [0.1, 0.15) is 26.3 Å². The fourth-order valence-corrected chi connectivity index (χ4v) is 4.43. The zero-order valence-electron chi connectivity index (χ0n) is 21.5. The van der Waals surface area contributed by atoms with Crippen LogP contribution in [0.4, 0.5) is 0 Å². The van der Waals surface area contributed by atoms with Gasteiger partial charge in [-0.05, 0) is 72.0 Å². The maximum absolute atomic E-state index is 4.68. The highest BCUT2D eigenvalue weighted by Gasteiger charge is 2.14. The summed E-state index contributed by atoms with van der Waals surface area (Å²) in [4.78, 5) is 7.87. The molecule has 5 heteroatoms. The van der Waals surface area contributed by atoms with E-state index in [1.807, 2.05) is 25.3 Å². The van der Waals surface area contributed by atoms with Gasteiger partial charge in [0.05, 0.1) is 11.2 Å². The molecule has 0 spiro atoms. The van der Waals surface area contributed by atoms with Crippen molar-refractivity contribution in [2.45, 2.75) is 20.8 Å². The lowest BCUT2D eigenvalue weighted by atomic mass is 10.0. The van der Waals surface area contributed by atoms with E-state index in [9.17, 15) is 0 Å². The van der Waals surface area contributed by atoms with Crippen LogP contribution in [0.15, 0.2) is 110 Å². The number of hydrogen-bond acceptors (Lipinski definition) is 3. The molecule has 0 saturated heterocycles. The molecular weight excluding hydrogens is 454 g/mol. The molecule has 0 radical (unpaired) electrons. The van der Waals surface area contributed by atoms with Gasteiger partial charge in [-0.1, -0.05) is 57.3 Å². The molecular formula is C32H31N5. The molecule has 0 aliphatic carbocycles. The maximum Gasteiger partial charge on any atom is 0.116 e. The van der Waals surface area contributed by atoms with Gasteiger partial charge in [-0.25, -0.2) is 0 Å². The minimum atomic E-state index is 0.331. The van der Waals surface area contributed by atoms with Crippen LogP contribution < -0.4 is 5.32 Å². The molecule has 0 amide bonds. The Balaban J connectivity index is 1.56. The number of H-pyrrole nitrogens is 2. The third-order valence-electron chi connectivity index (χ3n) is 6.63. The third kappa shape index (κ3) is 4.76. The summed E-state index contributed by atoms with van der Waals surface area (Å²) in [5.74, 6) is 0.331. The van der Waals surface area contributed by atoms with Crippen molar-refractivity contribution in [2.24, 2.45) is 5.92 Å². The van der Waals surface area contributed by atoms with Crippen molar-refractivity contribution < 1.29 is 0 Å². The zero-order chi connectivity index (χ0) is 25.9. The number of allylic oxidation sites excluding steroid dienone is 5. The van der Waals surface area contributed by atoms with Crippen LogP contribution in [-0.2, 0) is 0 Å². The molecule has 0 fully saturated rings. The van der Waals surface area contributed by atoms with E-state index in [0.717, 1.165) is 66.9 Å². The summed E-state index contributed by atoms with van der Waals surface area (Å²) in [6.07, 6.45) is 9.72. The molecule has 3 N–H and O–H groups in total. The van der Waals surface area contributed by atoms with Gasteiger partial charge >= 0.3 is 0 Å². The van der Waals surface area contributed by atoms with Crippen LogP contribution in [0.25, 0.3) is 49.9 Å². The SMILES string of the molecule is C=C/C(=C\C(=C/C)c1ccc2[nH]nc(-c3cc4c(-c5cccnc5)cccc4[nH]3)c2c1)NC(=C)C(C)C. The van der Waals surface area contributed by atoms with Gasteiger partial charge < -0.3 is 10.3 Å². The van der Waals surface area contributed by atoms with Crippen molar-refractivity contribution in [1.29, 1.82) is 0 Å². The first kappa shape index (κ1) is 24.1. The van der Waals surface area contributed by atoms with Crippen molar-refractivity contribution >= 4 is 27.4 Å². The van der Waals surface area contributed by atoms with Crippen LogP contribution in [-0.4, -0.2) is 20.2 Å². The van der Waals surface area contributed by atoms with Gasteiger partial charge in [0.15, 0.2) is 0 Å². The van der Waals surface area contributed by atoms with E-state index in [-0.39, 0.29) is 0 Å². The number of rotatable bonds is 8. The summed E-state index contributed by atoms with van der Waals surface area (Å²) in [6, 6.07) is 18.9. The Hall–Kier alpha value is -4.64. The molecule has 2 aromatic carbocycles. The van der Waals surface area contributed by atoms with Crippen molar-refractivity contribution in [2.75, 3.05) is 0 Å². The molecule has 0 bridgehead atoms. The van der Waals surface area contributed by atoms with Gasteiger partial charge in [0.2, 0.25) is 0 Å². The predicted molar refractivity (Wildman–Crippen MR) is 156 cm³/mol. The lowest BCUT2D eigenvalue weighted by Crippen LogP contribution is -2.14. The highest BCUT2D eigenvalue weighted by atomic mass is 15.1. The molecule has 3 aromatic heterocycles. The number of aromatic amines is 2. The van der Waals surface area contributed by atoms with Crippen LogP contribution in [0.3, 0.4) is 0 Å². The summed E-state index contributed by atoms with van der Waals surface area (Å²) in [7, 11) is 0. The van der Waals surface area contributed by atoms with Gasteiger partial charge in [-0.3, -0.25) is 10.1 Å². The lowest BCUT2D eigenvalue weighted by Gasteiger charge is -2.14. The average Bonchev–Trinajstić information content (AvgIpc) is 3.54. The Kier molecular flexibility index (Phi) is 6.60. The Morgan fingerprint density at radius 1 is 1.03 bits per heavy atom. The summed E-state index contributed by atoms with van der Waals surface area (Å²) in [5, 5.41) is 13.5. The first-order chi connectivity index (χ1) is 18.0. The van der Waals surface area contributed by atoms with E-state index in [1.165, 1.54) is 0 Å². The average molecular weight is 486 g/mol. The summed E-state index contributed by atoms with van der Waals surface area (Å²) in [5.41, 5.74) is 10.2. The molecule has 3 heterocycles. The monoisotopic (exact) mass is 485 g/mol. The summed E-state index contributed by atoms with van der Waals surface area (Å²) < 4.78 is 0. The van der Waals surface area contributed by atoms with Crippen molar-refractivity contribution in [3.63, 3.8) is 0 Å².